The number of aromatic nitrogens is 2. The summed E-state index contributed by atoms with van der Waals surface area (Å²) in [5.74, 6) is 0.818. The third kappa shape index (κ3) is 1.89. The Morgan fingerprint density at radius 2 is 2.13 bits per heavy atom. The number of benzene rings is 1. The highest BCUT2D eigenvalue weighted by molar-refractivity contribution is 6.68. The number of carbonyl (C=O) groups excluding carboxylic acids is 1. The second-order valence-electron chi connectivity index (χ2n) is 2.97. The lowest BCUT2D eigenvalue weighted by atomic mass is 10.1. The number of rotatable bonds is 2. The number of halogens is 1. The molecule has 5 heteroatoms. The maximum absolute atomic E-state index is 11.1. The molecule has 0 N–H and O–H groups in total. The van der Waals surface area contributed by atoms with Crippen LogP contribution >= 0.6 is 11.6 Å². The van der Waals surface area contributed by atoms with Crippen LogP contribution in [-0.4, -0.2) is 15.4 Å². The van der Waals surface area contributed by atoms with Gasteiger partial charge in [0.1, 0.15) is 0 Å². The molecule has 0 aliphatic carbocycles. The highest BCUT2D eigenvalue weighted by Gasteiger charge is 2.14. The molecule has 15 heavy (non-hydrogen) atoms. The van der Waals surface area contributed by atoms with Gasteiger partial charge in [0.15, 0.2) is 5.82 Å². The lowest BCUT2D eigenvalue weighted by molar-refractivity contribution is 0.108. The third-order valence-electron chi connectivity index (χ3n) is 1.90. The summed E-state index contributed by atoms with van der Waals surface area (Å²) in [4.78, 5) is 15.2. The minimum atomic E-state index is -0.540. The summed E-state index contributed by atoms with van der Waals surface area (Å²) in [6.07, 6.45) is 0. The van der Waals surface area contributed by atoms with Crippen LogP contribution in [0.15, 0.2) is 28.8 Å². The topological polar surface area (TPSA) is 56.0 Å². The molecule has 0 radical (unpaired) electrons. The Hall–Kier alpha value is -1.68. The molecule has 0 saturated heterocycles. The molecule has 0 fully saturated rings. The van der Waals surface area contributed by atoms with Gasteiger partial charge in [0.2, 0.25) is 0 Å². The lowest BCUT2D eigenvalue weighted by Crippen LogP contribution is -1.93. The first-order valence-corrected chi connectivity index (χ1v) is 4.66. The largest absolute Gasteiger partial charge is 0.334 e. The van der Waals surface area contributed by atoms with E-state index in [0.29, 0.717) is 22.8 Å². The number of aryl methyl sites for hydroxylation is 1. The maximum atomic E-state index is 11.1. The molecule has 0 amide bonds. The molecule has 1 aromatic carbocycles. The van der Waals surface area contributed by atoms with E-state index in [9.17, 15) is 4.79 Å². The molecule has 2 rings (SSSR count). The Labute approximate surface area is 90.9 Å². The molecule has 1 aromatic heterocycles. The first kappa shape index (κ1) is 9.86. The summed E-state index contributed by atoms with van der Waals surface area (Å²) in [6, 6.07) is 6.83. The van der Waals surface area contributed by atoms with Gasteiger partial charge < -0.3 is 4.52 Å². The van der Waals surface area contributed by atoms with E-state index < -0.39 is 5.24 Å². The molecule has 0 aliphatic heterocycles. The van der Waals surface area contributed by atoms with Crippen molar-refractivity contribution in [1.82, 2.24) is 10.1 Å². The maximum Gasteiger partial charge on any atom is 0.258 e. The first-order chi connectivity index (χ1) is 7.18. The monoisotopic (exact) mass is 222 g/mol. The van der Waals surface area contributed by atoms with Gasteiger partial charge in [-0.1, -0.05) is 17.3 Å². The molecule has 0 spiro atoms. The summed E-state index contributed by atoms with van der Waals surface area (Å²) < 4.78 is 4.97. The summed E-state index contributed by atoms with van der Waals surface area (Å²) >= 11 is 5.44. The Kier molecular flexibility index (Phi) is 2.51. The first-order valence-electron chi connectivity index (χ1n) is 4.28. The van der Waals surface area contributed by atoms with Gasteiger partial charge in [0.05, 0.1) is 5.56 Å². The number of hydrogen-bond acceptors (Lipinski definition) is 4. The van der Waals surface area contributed by atoms with Crippen molar-refractivity contribution < 1.29 is 9.32 Å². The van der Waals surface area contributed by atoms with Gasteiger partial charge in [-0.15, -0.1) is 0 Å². The van der Waals surface area contributed by atoms with Gasteiger partial charge in [0, 0.05) is 5.56 Å². The Morgan fingerprint density at radius 1 is 1.40 bits per heavy atom. The van der Waals surface area contributed by atoms with Gasteiger partial charge in [-0.2, -0.15) is 4.98 Å². The summed E-state index contributed by atoms with van der Waals surface area (Å²) in [7, 11) is 0. The minimum absolute atomic E-state index is 0.303. The molecular formula is C10H7ClN2O2. The Morgan fingerprint density at radius 3 is 2.73 bits per heavy atom. The van der Waals surface area contributed by atoms with E-state index >= 15 is 0 Å². The van der Waals surface area contributed by atoms with Crippen molar-refractivity contribution in [3.63, 3.8) is 0 Å². The predicted octanol–water partition coefficient (Wildman–Crippen LogP) is 2.42. The third-order valence-corrected chi connectivity index (χ3v) is 2.10. The van der Waals surface area contributed by atoms with Crippen molar-refractivity contribution in [3.8, 4) is 11.5 Å². The van der Waals surface area contributed by atoms with Gasteiger partial charge in [-0.25, -0.2) is 0 Å². The highest BCUT2D eigenvalue weighted by Crippen LogP contribution is 2.22. The minimum Gasteiger partial charge on any atom is -0.334 e. The summed E-state index contributed by atoms with van der Waals surface area (Å²) in [6.45, 7) is 1.71. The fourth-order valence-corrected chi connectivity index (χ4v) is 1.41. The molecule has 0 aliphatic rings. The van der Waals surface area contributed by atoms with Crippen LogP contribution in [0, 0.1) is 6.92 Å². The molecule has 76 valence electrons. The zero-order chi connectivity index (χ0) is 10.8. The van der Waals surface area contributed by atoms with Crippen molar-refractivity contribution in [2.24, 2.45) is 0 Å². The van der Waals surface area contributed by atoms with Crippen LogP contribution < -0.4 is 0 Å². The Balaban J connectivity index is 2.57. The average Bonchev–Trinajstić information content (AvgIpc) is 2.65. The standard InChI is InChI=1S/C10H7ClN2O2/c1-6-12-10(15-13-6)8-5-3-2-4-7(8)9(11)14/h2-5H,1H3. The molecule has 0 saturated carbocycles. The SMILES string of the molecule is Cc1noc(-c2ccccc2C(=O)Cl)n1. The fourth-order valence-electron chi connectivity index (χ4n) is 1.25. The van der Waals surface area contributed by atoms with Gasteiger partial charge in [0.25, 0.3) is 11.1 Å². The van der Waals surface area contributed by atoms with Gasteiger partial charge in [-0.3, -0.25) is 4.79 Å². The summed E-state index contributed by atoms with van der Waals surface area (Å²) in [5.41, 5.74) is 0.918. The van der Waals surface area contributed by atoms with Crippen LogP contribution in [0.5, 0.6) is 0 Å². The summed E-state index contributed by atoms with van der Waals surface area (Å²) in [5, 5.41) is 3.11. The molecule has 1 heterocycles. The predicted molar refractivity (Wildman–Crippen MR) is 54.7 cm³/mol. The van der Waals surface area contributed by atoms with E-state index in [1.54, 1.807) is 31.2 Å². The van der Waals surface area contributed by atoms with Crippen molar-refractivity contribution >= 4 is 16.8 Å². The second kappa shape index (κ2) is 3.82. The van der Waals surface area contributed by atoms with Crippen LogP contribution in [0.1, 0.15) is 16.2 Å². The normalized spacial score (nSPS) is 10.3. The quantitative estimate of drug-likeness (QED) is 0.733. The van der Waals surface area contributed by atoms with Crippen LogP contribution in [0.3, 0.4) is 0 Å². The average molecular weight is 223 g/mol. The molecular weight excluding hydrogens is 216 g/mol. The van der Waals surface area contributed by atoms with Crippen LogP contribution in [-0.2, 0) is 0 Å². The highest BCUT2D eigenvalue weighted by atomic mass is 35.5. The van der Waals surface area contributed by atoms with Gasteiger partial charge >= 0.3 is 0 Å². The van der Waals surface area contributed by atoms with Crippen molar-refractivity contribution in [2.75, 3.05) is 0 Å². The van der Waals surface area contributed by atoms with Crippen LogP contribution in [0.25, 0.3) is 11.5 Å². The lowest BCUT2D eigenvalue weighted by Gasteiger charge is -1.99. The van der Waals surface area contributed by atoms with E-state index in [0.717, 1.165) is 0 Å². The number of carbonyl (C=O) groups is 1. The van der Waals surface area contributed by atoms with Crippen molar-refractivity contribution in [3.05, 3.63) is 35.7 Å². The molecule has 0 atom stereocenters. The zero-order valence-corrected chi connectivity index (χ0v) is 8.65. The zero-order valence-electron chi connectivity index (χ0n) is 7.90. The van der Waals surface area contributed by atoms with Crippen molar-refractivity contribution in [1.29, 1.82) is 0 Å². The second-order valence-corrected chi connectivity index (χ2v) is 3.31. The van der Waals surface area contributed by atoms with Crippen LogP contribution in [0.2, 0.25) is 0 Å². The van der Waals surface area contributed by atoms with E-state index in [1.165, 1.54) is 0 Å². The Bertz CT molecular complexity index is 508. The van der Waals surface area contributed by atoms with E-state index in [4.69, 9.17) is 16.1 Å². The number of hydrogen-bond donors (Lipinski definition) is 0. The number of nitrogens with zero attached hydrogens (tertiary/aromatic N) is 2. The van der Waals surface area contributed by atoms with Crippen LogP contribution in [0.4, 0.5) is 0 Å². The fraction of sp³-hybridized carbons (Fsp3) is 0.100. The van der Waals surface area contributed by atoms with E-state index in [-0.39, 0.29) is 0 Å². The molecule has 2 aromatic rings. The van der Waals surface area contributed by atoms with E-state index in [2.05, 4.69) is 10.1 Å². The van der Waals surface area contributed by atoms with Gasteiger partial charge in [-0.05, 0) is 30.7 Å². The molecule has 0 unspecified atom stereocenters. The smallest absolute Gasteiger partial charge is 0.258 e. The van der Waals surface area contributed by atoms with Crippen molar-refractivity contribution in [2.45, 2.75) is 6.92 Å². The molecule has 4 nitrogen and oxygen atoms in total. The molecule has 0 bridgehead atoms. The van der Waals surface area contributed by atoms with E-state index in [1.807, 2.05) is 0 Å².